The van der Waals surface area contributed by atoms with E-state index in [1.807, 2.05) is 0 Å². The average molecular weight is 761 g/mol. The van der Waals surface area contributed by atoms with E-state index in [0.717, 1.165) is 25.7 Å². The Morgan fingerprint density at radius 1 is 0.788 bits per heavy atom. The minimum Gasteiger partial charge on any atom is -0.463 e. The first-order valence-electron chi connectivity index (χ1n) is 18.2. The van der Waals surface area contributed by atoms with Crippen LogP contribution >= 0.6 is 8.53 Å². The first kappa shape index (κ1) is 47.1. The van der Waals surface area contributed by atoms with Crippen LogP contribution in [0.5, 0.6) is 0 Å². The molecular weight excluding hydrogens is 699 g/mol. The molecule has 0 aromatic heterocycles. The molecule has 298 valence electrons. The Bertz CT molecular complexity index is 1130. The Hall–Kier alpha value is -2.93. The maximum Gasteiger partial charge on any atom is 0.303 e. The molecule has 0 aromatic rings. The van der Waals surface area contributed by atoms with Gasteiger partial charge in [0.15, 0.2) is 18.5 Å². The molecule has 0 radical (unpaired) electrons. The van der Waals surface area contributed by atoms with E-state index in [9.17, 15) is 24.0 Å². The van der Waals surface area contributed by atoms with E-state index in [-0.39, 0.29) is 31.2 Å². The first-order valence-corrected chi connectivity index (χ1v) is 19.3. The number of nitrogens with one attached hydrogen (secondary N) is 2. The van der Waals surface area contributed by atoms with Crippen LogP contribution in [0.25, 0.3) is 0 Å². The Morgan fingerprint density at radius 3 is 1.98 bits per heavy atom. The lowest BCUT2D eigenvalue weighted by atomic mass is 9.96. The number of unbranched alkanes of at least 4 members (excludes halogenated alkanes) is 5. The second-order valence-corrected chi connectivity index (χ2v) is 14.5. The van der Waals surface area contributed by atoms with Crippen LogP contribution in [0.15, 0.2) is 0 Å². The van der Waals surface area contributed by atoms with E-state index in [1.54, 1.807) is 0 Å². The topological polar surface area (TPSA) is 201 Å². The quantitative estimate of drug-likeness (QED) is 0.0550. The Morgan fingerprint density at radius 2 is 1.38 bits per heavy atom. The molecule has 1 heterocycles. The predicted octanol–water partition coefficient (Wildman–Crippen LogP) is 4.19. The van der Waals surface area contributed by atoms with Gasteiger partial charge in [0, 0.05) is 59.4 Å². The van der Waals surface area contributed by atoms with Gasteiger partial charge in [-0.25, -0.2) is 4.67 Å². The van der Waals surface area contributed by atoms with E-state index >= 15 is 0 Å². The molecule has 2 amide bonds. The van der Waals surface area contributed by atoms with Crippen molar-refractivity contribution < 1.29 is 56.7 Å². The minimum absolute atomic E-state index is 0.0257. The summed E-state index contributed by atoms with van der Waals surface area (Å²) < 4.78 is 42.1. The lowest BCUT2D eigenvalue weighted by Crippen LogP contribution is -2.66. The number of ether oxygens (including phenoxy) is 5. The van der Waals surface area contributed by atoms with Gasteiger partial charge < -0.3 is 43.4 Å². The highest BCUT2D eigenvalue weighted by atomic mass is 31.2. The Labute approximate surface area is 310 Å². The molecule has 52 heavy (non-hydrogen) atoms. The van der Waals surface area contributed by atoms with Crippen molar-refractivity contribution in [3.8, 4) is 6.07 Å². The van der Waals surface area contributed by atoms with Gasteiger partial charge in [-0.15, -0.1) is 0 Å². The molecule has 17 heteroatoms. The number of nitriles is 1. The maximum atomic E-state index is 12.4. The van der Waals surface area contributed by atoms with Gasteiger partial charge in [0.25, 0.3) is 8.53 Å². The smallest absolute Gasteiger partial charge is 0.303 e. The Kier molecular flexibility index (Phi) is 24.2. The van der Waals surface area contributed by atoms with Crippen molar-refractivity contribution in [1.82, 2.24) is 15.3 Å². The second kappa shape index (κ2) is 26.8. The summed E-state index contributed by atoms with van der Waals surface area (Å²) in [7, 11) is -1.23. The molecule has 1 rings (SSSR count). The standard InChI is InChI=1S/C35H61N4O12P/c1-24(2)39(25(3)4)52(48-22-16-18-36)47-21-15-10-9-13-19-37-31(44)17-12-11-14-20-45-35-32(38-26(5)40)34(50-29(8)43)33(49-28(7)42)30(51-35)23-46-27(6)41/h24-25,30,32-35H,9-17,19-23H2,1-8H3,(H,37,44)(H,38,40). The van der Waals surface area contributed by atoms with Gasteiger partial charge in [-0.3, -0.25) is 24.0 Å². The fraction of sp³-hybridized carbons (Fsp3) is 0.829. The van der Waals surface area contributed by atoms with Crippen molar-refractivity contribution in [1.29, 1.82) is 5.26 Å². The number of carbonyl (C=O) groups excluding carboxylic acids is 5. The van der Waals surface area contributed by atoms with E-state index in [4.69, 9.17) is 38.0 Å². The predicted molar refractivity (Wildman–Crippen MR) is 191 cm³/mol. The lowest BCUT2D eigenvalue weighted by Gasteiger charge is -2.44. The summed E-state index contributed by atoms with van der Waals surface area (Å²) in [6, 6.07) is 1.60. The summed E-state index contributed by atoms with van der Waals surface area (Å²) >= 11 is 0. The molecule has 0 aliphatic carbocycles. The zero-order valence-corrected chi connectivity index (χ0v) is 33.1. The number of hydrogen-bond acceptors (Lipinski definition) is 14. The SMILES string of the molecule is CC(=O)NC1C(OCCCCCC(=O)NCCCCCCOP(OCCC#N)N(C(C)C)C(C)C)OC(COC(C)=O)C(OC(C)=O)C1OC(C)=O. The molecule has 16 nitrogen and oxygen atoms in total. The van der Waals surface area contributed by atoms with Gasteiger partial charge in [-0.1, -0.05) is 19.3 Å². The van der Waals surface area contributed by atoms with Crippen molar-refractivity contribution in [2.45, 2.75) is 156 Å². The molecular formula is C35H61N4O12P. The van der Waals surface area contributed by atoms with E-state index in [2.05, 4.69) is 49.1 Å². The molecule has 6 unspecified atom stereocenters. The summed E-state index contributed by atoms with van der Waals surface area (Å²) in [6.07, 6.45) is 1.71. The van der Waals surface area contributed by atoms with Crippen molar-refractivity contribution in [2.24, 2.45) is 0 Å². The number of nitrogens with zero attached hydrogens (tertiary/aromatic N) is 2. The number of hydrogen-bond donors (Lipinski definition) is 2. The van der Waals surface area contributed by atoms with E-state index < -0.39 is 63.0 Å². The lowest BCUT2D eigenvalue weighted by molar-refractivity contribution is -0.277. The third-order valence-corrected chi connectivity index (χ3v) is 9.77. The number of amides is 2. The van der Waals surface area contributed by atoms with Crippen LogP contribution in [0.2, 0.25) is 0 Å². The summed E-state index contributed by atoms with van der Waals surface area (Å²) in [5.74, 6) is -2.44. The van der Waals surface area contributed by atoms with E-state index in [1.165, 1.54) is 27.7 Å². The zero-order valence-electron chi connectivity index (χ0n) is 32.2. The van der Waals surface area contributed by atoms with Crippen molar-refractivity contribution in [2.75, 3.05) is 33.0 Å². The molecule has 0 spiro atoms. The summed E-state index contributed by atoms with van der Waals surface area (Å²) in [5, 5.41) is 14.5. The number of rotatable bonds is 26. The van der Waals surface area contributed by atoms with Gasteiger partial charge in [0.05, 0.1) is 25.7 Å². The molecule has 1 saturated heterocycles. The summed E-state index contributed by atoms with van der Waals surface area (Å²) in [6.45, 7) is 14.7. The molecule has 0 saturated carbocycles. The molecule has 6 atom stereocenters. The highest BCUT2D eigenvalue weighted by Gasteiger charge is 2.51. The highest BCUT2D eigenvalue weighted by molar-refractivity contribution is 7.44. The number of carbonyl (C=O) groups is 5. The summed E-state index contributed by atoms with van der Waals surface area (Å²) in [5.41, 5.74) is 0. The molecule has 0 bridgehead atoms. The van der Waals surface area contributed by atoms with Crippen LogP contribution in [-0.2, 0) is 56.7 Å². The van der Waals surface area contributed by atoms with Crippen molar-refractivity contribution >= 4 is 38.2 Å². The van der Waals surface area contributed by atoms with Crippen LogP contribution in [-0.4, -0.2) is 110 Å². The second-order valence-electron chi connectivity index (χ2n) is 13.0. The molecule has 1 aliphatic heterocycles. The molecule has 1 fully saturated rings. The normalized spacial score (nSPS) is 20.6. The first-order chi connectivity index (χ1) is 24.7. The van der Waals surface area contributed by atoms with E-state index in [0.29, 0.717) is 51.9 Å². The summed E-state index contributed by atoms with van der Waals surface area (Å²) in [4.78, 5) is 59.8. The highest BCUT2D eigenvalue weighted by Crippen LogP contribution is 2.46. The molecule has 2 N–H and O–H groups in total. The van der Waals surface area contributed by atoms with Gasteiger partial charge in [0.1, 0.15) is 18.8 Å². The van der Waals surface area contributed by atoms with Crippen molar-refractivity contribution in [3.63, 3.8) is 0 Å². The van der Waals surface area contributed by atoms with Gasteiger partial charge in [-0.05, 0) is 53.4 Å². The largest absolute Gasteiger partial charge is 0.463 e. The molecule has 1 aliphatic rings. The van der Waals surface area contributed by atoms with Crippen molar-refractivity contribution in [3.05, 3.63) is 0 Å². The minimum atomic E-state index is -1.23. The fourth-order valence-electron chi connectivity index (χ4n) is 5.55. The third kappa shape index (κ3) is 19.8. The van der Waals surface area contributed by atoms with Gasteiger partial charge in [0.2, 0.25) is 11.8 Å². The molecule has 0 aromatic carbocycles. The number of esters is 3. The maximum absolute atomic E-state index is 12.4. The van der Waals surface area contributed by atoms with Crippen LogP contribution in [0.1, 0.15) is 113 Å². The van der Waals surface area contributed by atoms with Gasteiger partial charge >= 0.3 is 17.9 Å². The van der Waals surface area contributed by atoms with Crippen LogP contribution < -0.4 is 10.6 Å². The monoisotopic (exact) mass is 760 g/mol. The van der Waals surface area contributed by atoms with Crippen LogP contribution in [0.3, 0.4) is 0 Å². The van der Waals surface area contributed by atoms with Crippen LogP contribution in [0.4, 0.5) is 0 Å². The third-order valence-electron chi connectivity index (χ3n) is 7.66. The Balaban J connectivity index is 2.47. The van der Waals surface area contributed by atoms with Crippen LogP contribution in [0, 0.1) is 11.3 Å². The fourth-order valence-corrected chi connectivity index (χ4v) is 7.18. The zero-order chi connectivity index (χ0) is 39.1. The van der Waals surface area contributed by atoms with Gasteiger partial charge in [-0.2, -0.15) is 5.26 Å². The average Bonchev–Trinajstić information content (AvgIpc) is 3.04.